The van der Waals surface area contributed by atoms with Crippen LogP contribution in [0, 0.1) is 0 Å². The Hall–Kier alpha value is -2.23. The predicted octanol–water partition coefficient (Wildman–Crippen LogP) is 0.990. The van der Waals surface area contributed by atoms with Crippen molar-refractivity contribution in [3.63, 3.8) is 0 Å². The number of rotatable bonds is 4. The molecule has 9 heteroatoms. The van der Waals surface area contributed by atoms with Gasteiger partial charge in [0.2, 0.25) is 10.0 Å². The molecule has 2 aromatic rings. The molecule has 0 unspecified atom stereocenters. The number of sulfone groups is 1. The van der Waals surface area contributed by atoms with Gasteiger partial charge in [-0.2, -0.15) is 0 Å². The molecule has 0 bridgehead atoms. The maximum atomic E-state index is 12.1. The van der Waals surface area contributed by atoms with Crippen molar-refractivity contribution in [2.45, 2.75) is 9.79 Å². The van der Waals surface area contributed by atoms with Gasteiger partial charge in [0.05, 0.1) is 9.79 Å². The lowest BCUT2D eigenvalue weighted by molar-refractivity contribution is 0.102. The molecule has 3 N–H and O–H groups in total. The zero-order valence-electron chi connectivity index (χ0n) is 12.1. The van der Waals surface area contributed by atoms with Gasteiger partial charge in [-0.25, -0.2) is 22.0 Å². The summed E-state index contributed by atoms with van der Waals surface area (Å²) in [6.45, 7) is 0. The molecule has 2 aromatic carbocycles. The van der Waals surface area contributed by atoms with Crippen molar-refractivity contribution in [3.8, 4) is 0 Å². The fraction of sp³-hybridized carbons (Fsp3) is 0.0714. The van der Waals surface area contributed by atoms with Gasteiger partial charge >= 0.3 is 0 Å². The molecule has 7 nitrogen and oxygen atoms in total. The maximum Gasteiger partial charge on any atom is 0.255 e. The van der Waals surface area contributed by atoms with Gasteiger partial charge in [0, 0.05) is 17.5 Å². The summed E-state index contributed by atoms with van der Waals surface area (Å²) in [5, 5.41) is 7.55. The molecule has 0 aliphatic carbocycles. The number of primary sulfonamides is 1. The molecule has 0 saturated heterocycles. The number of sulfonamides is 1. The van der Waals surface area contributed by atoms with Crippen LogP contribution < -0.4 is 10.5 Å². The molecule has 2 rings (SSSR count). The predicted molar refractivity (Wildman–Crippen MR) is 85.3 cm³/mol. The Morgan fingerprint density at radius 3 is 2.09 bits per heavy atom. The summed E-state index contributed by atoms with van der Waals surface area (Å²) in [6.07, 6.45) is 1.07. The Morgan fingerprint density at radius 1 is 0.957 bits per heavy atom. The van der Waals surface area contributed by atoms with Gasteiger partial charge < -0.3 is 5.32 Å². The van der Waals surface area contributed by atoms with E-state index in [1.54, 1.807) is 0 Å². The average molecular weight is 354 g/mol. The largest absolute Gasteiger partial charge is 0.322 e. The Bertz CT molecular complexity index is 949. The van der Waals surface area contributed by atoms with E-state index >= 15 is 0 Å². The minimum absolute atomic E-state index is 0.102. The van der Waals surface area contributed by atoms with Crippen molar-refractivity contribution in [3.05, 3.63) is 54.1 Å². The van der Waals surface area contributed by atoms with E-state index in [0.717, 1.165) is 6.26 Å². The second-order valence-electron chi connectivity index (χ2n) is 4.82. The fourth-order valence-electron chi connectivity index (χ4n) is 1.81. The second kappa shape index (κ2) is 6.11. The van der Waals surface area contributed by atoms with E-state index in [9.17, 15) is 21.6 Å². The third kappa shape index (κ3) is 4.38. The molecule has 0 radical (unpaired) electrons. The summed E-state index contributed by atoms with van der Waals surface area (Å²) >= 11 is 0. The molecule has 0 aliphatic heterocycles. The normalized spacial score (nSPS) is 11.9. The highest BCUT2D eigenvalue weighted by Crippen LogP contribution is 2.16. The van der Waals surface area contributed by atoms with Crippen LogP contribution in [-0.2, 0) is 19.9 Å². The first-order valence-electron chi connectivity index (χ1n) is 6.32. The van der Waals surface area contributed by atoms with Crippen LogP contribution in [0.25, 0.3) is 0 Å². The average Bonchev–Trinajstić information content (AvgIpc) is 2.46. The minimum Gasteiger partial charge on any atom is -0.322 e. The van der Waals surface area contributed by atoms with E-state index in [0.29, 0.717) is 0 Å². The van der Waals surface area contributed by atoms with E-state index in [1.807, 2.05) is 0 Å². The molecular formula is C14H14N2O5S2. The molecule has 23 heavy (non-hydrogen) atoms. The molecule has 0 saturated carbocycles. The third-order valence-electron chi connectivity index (χ3n) is 2.97. The zero-order chi connectivity index (χ0) is 17.3. The first kappa shape index (κ1) is 17.1. The molecule has 0 aromatic heterocycles. The van der Waals surface area contributed by atoms with Gasteiger partial charge in [-0.3, -0.25) is 4.79 Å². The zero-order valence-corrected chi connectivity index (χ0v) is 13.7. The highest BCUT2D eigenvalue weighted by atomic mass is 32.2. The topological polar surface area (TPSA) is 123 Å². The van der Waals surface area contributed by atoms with Gasteiger partial charge in [0.1, 0.15) is 0 Å². The number of benzene rings is 2. The summed E-state index contributed by atoms with van der Waals surface area (Å²) in [5.74, 6) is -0.503. The van der Waals surface area contributed by atoms with Crippen molar-refractivity contribution < 1.29 is 21.6 Å². The number of anilines is 1. The number of carbonyl (C=O) groups is 1. The number of hydrogen-bond acceptors (Lipinski definition) is 5. The van der Waals surface area contributed by atoms with Crippen molar-refractivity contribution in [2.75, 3.05) is 11.6 Å². The van der Waals surface area contributed by atoms with Crippen LogP contribution in [0.4, 0.5) is 5.69 Å². The van der Waals surface area contributed by atoms with Crippen LogP contribution >= 0.6 is 0 Å². The molecular weight excluding hydrogens is 340 g/mol. The van der Waals surface area contributed by atoms with Gasteiger partial charge in [0.15, 0.2) is 9.84 Å². The third-order valence-corrected chi connectivity index (χ3v) is 5.00. The van der Waals surface area contributed by atoms with E-state index in [4.69, 9.17) is 5.14 Å². The Labute approximate surface area is 134 Å². The van der Waals surface area contributed by atoms with Crippen LogP contribution in [0.5, 0.6) is 0 Å². The highest BCUT2D eigenvalue weighted by Gasteiger charge is 2.12. The van der Waals surface area contributed by atoms with Gasteiger partial charge in [-0.1, -0.05) is 6.07 Å². The molecule has 0 atom stereocenters. The van der Waals surface area contributed by atoms with Crippen LogP contribution in [0.2, 0.25) is 0 Å². The monoisotopic (exact) mass is 354 g/mol. The lowest BCUT2D eigenvalue weighted by atomic mass is 10.2. The number of carbonyl (C=O) groups excluding carboxylic acids is 1. The Balaban J connectivity index is 2.23. The molecule has 0 heterocycles. The summed E-state index contributed by atoms with van der Waals surface area (Å²) in [7, 11) is -7.20. The second-order valence-corrected chi connectivity index (χ2v) is 8.40. The number of hydrogen-bond donors (Lipinski definition) is 2. The summed E-state index contributed by atoms with van der Waals surface area (Å²) in [4.78, 5) is 12.1. The Kier molecular flexibility index (Phi) is 4.55. The molecule has 1 amide bonds. The van der Waals surface area contributed by atoms with Crippen LogP contribution in [0.3, 0.4) is 0 Å². The van der Waals surface area contributed by atoms with Crippen LogP contribution in [-0.4, -0.2) is 29.0 Å². The number of amides is 1. The van der Waals surface area contributed by atoms with Gasteiger partial charge in [0.25, 0.3) is 5.91 Å². The highest BCUT2D eigenvalue weighted by molar-refractivity contribution is 7.90. The summed E-state index contributed by atoms with van der Waals surface area (Å²) in [5.41, 5.74) is 0.493. The quantitative estimate of drug-likeness (QED) is 0.847. The van der Waals surface area contributed by atoms with Crippen molar-refractivity contribution >= 4 is 31.5 Å². The molecule has 0 fully saturated rings. The lowest BCUT2D eigenvalue weighted by Crippen LogP contribution is -2.15. The number of nitrogens with two attached hydrogens (primary N) is 1. The van der Waals surface area contributed by atoms with E-state index in [1.165, 1.54) is 48.5 Å². The molecule has 0 spiro atoms. The van der Waals surface area contributed by atoms with Crippen molar-refractivity contribution in [1.82, 2.24) is 0 Å². The van der Waals surface area contributed by atoms with E-state index in [2.05, 4.69) is 5.32 Å². The van der Waals surface area contributed by atoms with E-state index < -0.39 is 25.8 Å². The maximum absolute atomic E-state index is 12.1. The lowest BCUT2D eigenvalue weighted by Gasteiger charge is -2.07. The summed E-state index contributed by atoms with van der Waals surface area (Å²) < 4.78 is 45.3. The standard InChI is InChI=1S/C14H14N2O5S2/c1-22(18,19)12-7-5-10(6-8-12)14(17)16-11-3-2-4-13(9-11)23(15,20)21/h2-9H,1H3,(H,16,17)(H2,15,20,21). The first-order chi connectivity index (χ1) is 10.6. The van der Waals surface area contributed by atoms with Gasteiger partial charge in [-0.05, 0) is 42.5 Å². The minimum atomic E-state index is -3.87. The summed E-state index contributed by atoms with van der Waals surface area (Å²) in [6, 6.07) is 10.9. The van der Waals surface area contributed by atoms with E-state index in [-0.39, 0.29) is 21.0 Å². The van der Waals surface area contributed by atoms with Crippen LogP contribution in [0.15, 0.2) is 58.3 Å². The number of nitrogens with one attached hydrogen (secondary N) is 1. The van der Waals surface area contributed by atoms with Crippen molar-refractivity contribution in [1.29, 1.82) is 0 Å². The SMILES string of the molecule is CS(=O)(=O)c1ccc(C(=O)Nc2cccc(S(N)(=O)=O)c2)cc1. The first-order valence-corrected chi connectivity index (χ1v) is 9.75. The van der Waals surface area contributed by atoms with Crippen LogP contribution in [0.1, 0.15) is 10.4 Å². The fourth-order valence-corrected chi connectivity index (χ4v) is 3.00. The van der Waals surface area contributed by atoms with Crippen molar-refractivity contribution in [2.24, 2.45) is 5.14 Å². The molecule has 122 valence electrons. The smallest absolute Gasteiger partial charge is 0.255 e. The van der Waals surface area contributed by atoms with Gasteiger partial charge in [-0.15, -0.1) is 0 Å². The Morgan fingerprint density at radius 2 is 1.57 bits per heavy atom. The molecule has 0 aliphatic rings.